The Morgan fingerprint density at radius 2 is 1.06 bits per heavy atom. The SMILES string of the molecule is [N-]=[N+]=NCCOCCOCCOCCNC(=O)c1cc(NC(=O)CCCCNC(=O)CCCCC2SCC3NC(=N)NC32)cc(NC(=O)CCCCNC(=O)CCCCC2SCC3NC(=N)NC32)c1. The molecule has 4 aliphatic rings. The van der Waals surface area contributed by atoms with Crippen molar-refractivity contribution < 1.29 is 38.2 Å². The molecule has 0 aromatic heterocycles. The van der Waals surface area contributed by atoms with Crippen LogP contribution in [0.5, 0.6) is 0 Å². The second-order valence-electron chi connectivity index (χ2n) is 17.4. The molecule has 0 radical (unpaired) electrons. The number of azide groups is 1. The first-order valence-electron chi connectivity index (χ1n) is 24.3. The van der Waals surface area contributed by atoms with Crippen LogP contribution in [-0.2, 0) is 33.4 Å². The number of guanidine groups is 2. The zero-order valence-electron chi connectivity index (χ0n) is 39.5. The molecule has 6 unspecified atom stereocenters. The van der Waals surface area contributed by atoms with Crippen LogP contribution in [0.1, 0.15) is 100 Å². The van der Waals surface area contributed by atoms with Crippen LogP contribution in [0, 0.1) is 10.8 Å². The van der Waals surface area contributed by atoms with Gasteiger partial charge in [0.2, 0.25) is 23.6 Å². The van der Waals surface area contributed by atoms with E-state index in [9.17, 15) is 24.0 Å². The van der Waals surface area contributed by atoms with Crippen molar-refractivity contribution in [3.63, 3.8) is 0 Å². The van der Waals surface area contributed by atoms with Gasteiger partial charge in [-0.3, -0.25) is 34.8 Å². The van der Waals surface area contributed by atoms with E-state index in [0.717, 1.165) is 50.0 Å². The summed E-state index contributed by atoms with van der Waals surface area (Å²) in [5.74, 6) is 1.81. The highest BCUT2D eigenvalue weighted by atomic mass is 32.2. The van der Waals surface area contributed by atoms with Gasteiger partial charge in [0.05, 0.1) is 63.8 Å². The van der Waals surface area contributed by atoms with Crippen LogP contribution in [-0.4, -0.2) is 153 Å². The third-order valence-electron chi connectivity index (χ3n) is 12.0. The Kier molecular flexibility index (Phi) is 24.9. The second kappa shape index (κ2) is 31.3. The molecule has 1 aromatic carbocycles. The average Bonchev–Trinajstić information content (AvgIpc) is 4.09. The number of carbonyl (C=O) groups is 5. The van der Waals surface area contributed by atoms with Crippen molar-refractivity contribution in [1.82, 2.24) is 37.2 Å². The molecule has 0 spiro atoms. The van der Waals surface area contributed by atoms with E-state index in [0.29, 0.717) is 131 Å². The predicted octanol–water partition coefficient (Wildman–Crippen LogP) is 3.31. The van der Waals surface area contributed by atoms with E-state index < -0.39 is 5.91 Å². The molecule has 0 aliphatic carbocycles. The van der Waals surface area contributed by atoms with E-state index in [1.54, 1.807) is 18.2 Å². The predicted molar refractivity (Wildman–Crippen MR) is 269 cm³/mol. The van der Waals surface area contributed by atoms with Crippen LogP contribution < -0.4 is 47.9 Å². The Morgan fingerprint density at radius 3 is 1.57 bits per heavy atom. The largest absolute Gasteiger partial charge is 0.379 e. The van der Waals surface area contributed by atoms with Gasteiger partial charge in [0.15, 0.2) is 11.9 Å². The summed E-state index contributed by atoms with van der Waals surface area (Å²) in [6.45, 7) is 3.30. The van der Waals surface area contributed by atoms with Gasteiger partial charge in [0.25, 0.3) is 5.91 Å². The minimum atomic E-state index is -0.419. The Morgan fingerprint density at radius 1 is 0.594 bits per heavy atom. The average molecular weight is 1000 g/mol. The molecule has 382 valence electrons. The zero-order valence-corrected chi connectivity index (χ0v) is 41.1. The smallest absolute Gasteiger partial charge is 0.251 e. The number of rotatable bonds is 35. The number of hydrogen-bond donors (Lipinski definition) is 11. The summed E-state index contributed by atoms with van der Waals surface area (Å²) in [6.07, 6.45) is 9.08. The number of amides is 5. The highest BCUT2D eigenvalue weighted by Gasteiger charge is 2.42. The van der Waals surface area contributed by atoms with Crippen molar-refractivity contribution in [3.05, 3.63) is 34.2 Å². The molecule has 4 saturated heterocycles. The number of thioether (sulfide) groups is 2. The highest BCUT2D eigenvalue weighted by Crippen LogP contribution is 2.34. The molecule has 0 saturated carbocycles. The lowest BCUT2D eigenvalue weighted by Crippen LogP contribution is -2.36. The number of anilines is 2. The molecular weight excluding hydrogens is 929 g/mol. The lowest BCUT2D eigenvalue weighted by atomic mass is 10.0. The molecular formula is C45H72N14O8S2. The second-order valence-corrected chi connectivity index (χ2v) is 19.9. The molecule has 6 atom stereocenters. The molecule has 22 nitrogen and oxygen atoms in total. The van der Waals surface area contributed by atoms with Gasteiger partial charge < -0.3 is 62.1 Å². The van der Waals surface area contributed by atoms with Crippen molar-refractivity contribution in [2.45, 2.75) is 125 Å². The fourth-order valence-electron chi connectivity index (χ4n) is 8.45. The van der Waals surface area contributed by atoms with Crippen molar-refractivity contribution >= 4 is 76.4 Å². The van der Waals surface area contributed by atoms with Crippen LogP contribution in [0.15, 0.2) is 23.3 Å². The van der Waals surface area contributed by atoms with Gasteiger partial charge >= 0.3 is 0 Å². The van der Waals surface area contributed by atoms with Crippen LogP contribution in [0.3, 0.4) is 0 Å². The Balaban J connectivity index is 0.970. The summed E-state index contributed by atoms with van der Waals surface area (Å²) < 4.78 is 16.3. The van der Waals surface area contributed by atoms with Crippen molar-refractivity contribution in [2.75, 3.05) is 88.0 Å². The molecule has 5 rings (SSSR count). The van der Waals surface area contributed by atoms with Gasteiger partial charge in [-0.2, -0.15) is 23.5 Å². The third-order valence-corrected chi connectivity index (χ3v) is 15.0. The number of benzene rings is 1. The van der Waals surface area contributed by atoms with Gasteiger partial charge in [0.1, 0.15) is 0 Å². The number of ether oxygens (including phenoxy) is 3. The minimum Gasteiger partial charge on any atom is -0.379 e. The lowest BCUT2D eigenvalue weighted by Gasteiger charge is -2.16. The van der Waals surface area contributed by atoms with Gasteiger partial charge in [-0.1, -0.05) is 18.0 Å². The van der Waals surface area contributed by atoms with E-state index in [4.69, 9.17) is 30.6 Å². The van der Waals surface area contributed by atoms with E-state index in [1.807, 2.05) is 23.5 Å². The number of nitrogens with one attached hydrogen (secondary N) is 11. The molecule has 4 heterocycles. The number of nitrogens with zero attached hydrogens (tertiary/aromatic N) is 3. The van der Waals surface area contributed by atoms with Gasteiger partial charge in [-0.25, -0.2) is 0 Å². The zero-order chi connectivity index (χ0) is 49.1. The quantitative estimate of drug-likeness (QED) is 0.0201. The number of unbranched alkanes of at least 4 members (excludes halogenated alkanes) is 4. The summed E-state index contributed by atoms with van der Waals surface area (Å²) in [6, 6.07) is 5.90. The first-order valence-corrected chi connectivity index (χ1v) is 26.4. The van der Waals surface area contributed by atoms with Crippen molar-refractivity contribution in [3.8, 4) is 0 Å². The number of carbonyl (C=O) groups excluding carboxylic acids is 5. The maximum Gasteiger partial charge on any atom is 0.251 e. The topological polar surface area (TPSA) is 318 Å². The fourth-order valence-corrected chi connectivity index (χ4v) is 11.5. The van der Waals surface area contributed by atoms with Crippen molar-refractivity contribution in [2.24, 2.45) is 5.11 Å². The maximum atomic E-state index is 13.3. The Hall–Kier alpha value is -5.00. The molecule has 0 bridgehead atoms. The van der Waals surface area contributed by atoms with Crippen LogP contribution in [0.2, 0.25) is 0 Å². The van der Waals surface area contributed by atoms with Crippen LogP contribution in [0.25, 0.3) is 10.4 Å². The lowest BCUT2D eigenvalue weighted by molar-refractivity contribution is -0.122. The van der Waals surface area contributed by atoms with E-state index in [2.05, 4.69) is 57.9 Å². The Labute approximate surface area is 412 Å². The summed E-state index contributed by atoms with van der Waals surface area (Å²) in [5.41, 5.74) is 9.20. The van der Waals surface area contributed by atoms with Gasteiger partial charge in [-0.15, -0.1) is 0 Å². The molecule has 11 N–H and O–H groups in total. The van der Waals surface area contributed by atoms with Gasteiger partial charge in [-0.05, 0) is 75.1 Å². The monoisotopic (exact) mass is 1000 g/mol. The molecule has 5 amide bonds. The van der Waals surface area contributed by atoms with E-state index in [1.165, 1.54) is 0 Å². The molecule has 4 aliphatic heterocycles. The summed E-state index contributed by atoms with van der Waals surface area (Å²) in [5, 5.41) is 47.1. The standard InChI is InChI=1S/C45H72N14O8S2/c46-44-55-33-28-68-35(41(33)57-44)9-1-3-11-37(60)49-15-7-5-13-39(62)53-31-25-30(43(64)51-17-19-65-21-23-67-24-22-66-20-18-52-59-48)26-32(27-31)54-40(63)14-6-8-16-50-38(61)12-4-2-10-36-42-34(29-69-36)56-45(47)58-42/h25-27,33-36,41-42H,1-24,28-29H2,(H,49,60)(H,50,61)(H,51,64)(H,53,62)(H,54,63)(H3,46,55,57)(H3,47,56,58). The first kappa shape index (κ1) is 54.9. The van der Waals surface area contributed by atoms with Crippen LogP contribution in [0.4, 0.5) is 11.4 Å². The molecule has 1 aromatic rings. The van der Waals surface area contributed by atoms with E-state index in [-0.39, 0.29) is 73.8 Å². The molecule has 4 fully saturated rings. The van der Waals surface area contributed by atoms with Crippen molar-refractivity contribution in [1.29, 1.82) is 10.8 Å². The Bertz CT molecular complexity index is 1810. The van der Waals surface area contributed by atoms with E-state index >= 15 is 0 Å². The molecule has 69 heavy (non-hydrogen) atoms. The highest BCUT2D eigenvalue weighted by molar-refractivity contribution is 8.00. The van der Waals surface area contributed by atoms with Gasteiger partial charge in [0, 0.05) is 95.7 Å². The minimum absolute atomic E-state index is 0.00716. The molecule has 24 heteroatoms. The van der Waals surface area contributed by atoms with Crippen LogP contribution >= 0.6 is 23.5 Å². The third kappa shape index (κ3) is 20.9. The first-order chi connectivity index (χ1) is 33.6. The fraction of sp³-hybridized carbons (Fsp3) is 0.711. The maximum absolute atomic E-state index is 13.3. The normalized spacial score (nSPS) is 20.9. The summed E-state index contributed by atoms with van der Waals surface area (Å²) >= 11 is 3.84. The summed E-state index contributed by atoms with van der Waals surface area (Å²) in [7, 11) is 0. The summed E-state index contributed by atoms with van der Waals surface area (Å²) in [4.78, 5) is 66.9. The number of fused-ring (bicyclic) bond motifs is 2. The number of hydrogen-bond acceptors (Lipinski definition) is 13.